The summed E-state index contributed by atoms with van der Waals surface area (Å²) in [7, 11) is 0. The van der Waals surface area contributed by atoms with E-state index < -0.39 is 5.97 Å². The molecule has 0 amide bonds. The fourth-order valence-electron chi connectivity index (χ4n) is 0.952. The maximum atomic E-state index is 10.1. The number of carboxylic acid groups (broad SMARTS) is 1. The van der Waals surface area contributed by atoms with Crippen LogP contribution in [-0.4, -0.2) is 28.9 Å². The number of hydrogen-bond acceptors (Lipinski definition) is 3. The van der Waals surface area contributed by atoms with Gasteiger partial charge in [-0.3, -0.25) is 9.63 Å². The van der Waals surface area contributed by atoms with E-state index in [4.69, 9.17) is 9.94 Å². The van der Waals surface area contributed by atoms with Gasteiger partial charge in [0.25, 0.3) is 0 Å². The molecule has 4 nitrogen and oxygen atoms in total. The Bertz CT molecular complexity index is 158. The lowest BCUT2D eigenvalue weighted by atomic mass is 10.2. The van der Waals surface area contributed by atoms with Crippen LogP contribution in [0.15, 0.2) is 0 Å². The zero-order valence-corrected chi connectivity index (χ0v) is 6.78. The van der Waals surface area contributed by atoms with Gasteiger partial charge in [-0.05, 0) is 5.92 Å². The van der Waals surface area contributed by atoms with Crippen LogP contribution in [-0.2, 0) is 9.63 Å². The van der Waals surface area contributed by atoms with Gasteiger partial charge < -0.3 is 5.11 Å². The summed E-state index contributed by atoms with van der Waals surface area (Å²) in [6.45, 7) is 4.59. The predicted octanol–water partition coefficient (Wildman–Crippen LogP) is 0.690. The van der Waals surface area contributed by atoms with Crippen LogP contribution < -0.4 is 0 Å². The van der Waals surface area contributed by atoms with Crippen molar-refractivity contribution >= 4 is 5.97 Å². The first kappa shape index (κ1) is 8.49. The van der Waals surface area contributed by atoms with E-state index in [2.05, 4.69) is 0 Å². The highest BCUT2D eigenvalue weighted by atomic mass is 16.8. The lowest BCUT2D eigenvalue weighted by Crippen LogP contribution is -2.11. The summed E-state index contributed by atoms with van der Waals surface area (Å²) in [5, 5.41) is 10.0. The smallest absolute Gasteiger partial charge is 0.304 e. The predicted molar refractivity (Wildman–Crippen MR) is 38.7 cm³/mol. The van der Waals surface area contributed by atoms with Gasteiger partial charge in [-0.15, -0.1) is 0 Å². The minimum absolute atomic E-state index is 0.148. The van der Waals surface area contributed by atoms with E-state index in [1.807, 2.05) is 13.8 Å². The molecule has 0 aromatic heterocycles. The maximum absolute atomic E-state index is 10.1. The van der Waals surface area contributed by atoms with E-state index in [-0.39, 0.29) is 12.6 Å². The molecule has 1 saturated heterocycles. The van der Waals surface area contributed by atoms with Crippen LogP contribution in [0.25, 0.3) is 0 Å². The normalized spacial score (nSPS) is 29.0. The molecule has 1 aliphatic rings. The van der Waals surface area contributed by atoms with Gasteiger partial charge in [-0.2, -0.15) is 5.06 Å². The molecule has 1 aliphatic heterocycles. The standard InChI is InChI=1S/C7H13NO3/c1-5(2)7-8(11-7)4-3-6(9)10/h5,7H,3-4H2,1-2H3,(H,9,10). The Kier molecular flexibility index (Phi) is 2.46. The molecule has 0 aromatic rings. The Morgan fingerprint density at radius 3 is 2.73 bits per heavy atom. The van der Waals surface area contributed by atoms with E-state index in [1.165, 1.54) is 0 Å². The quantitative estimate of drug-likeness (QED) is 0.613. The van der Waals surface area contributed by atoms with Crippen molar-refractivity contribution in [2.75, 3.05) is 6.54 Å². The number of carbonyl (C=O) groups is 1. The monoisotopic (exact) mass is 159 g/mol. The number of nitrogens with zero attached hydrogens (tertiary/aromatic N) is 1. The van der Waals surface area contributed by atoms with Crippen LogP contribution >= 0.6 is 0 Å². The van der Waals surface area contributed by atoms with E-state index in [0.29, 0.717) is 12.5 Å². The second-order valence-electron chi connectivity index (χ2n) is 3.02. The van der Waals surface area contributed by atoms with Crippen LogP contribution in [0.5, 0.6) is 0 Å². The number of hydrogen-bond donors (Lipinski definition) is 1. The topological polar surface area (TPSA) is 52.8 Å². The number of carboxylic acids is 1. The van der Waals surface area contributed by atoms with Gasteiger partial charge >= 0.3 is 5.97 Å². The van der Waals surface area contributed by atoms with Gasteiger partial charge in [-0.25, -0.2) is 0 Å². The van der Waals surface area contributed by atoms with Gasteiger partial charge in [0.1, 0.15) is 0 Å². The molecule has 0 bridgehead atoms. The molecule has 0 aromatic carbocycles. The first-order valence-electron chi connectivity index (χ1n) is 3.76. The molecule has 0 radical (unpaired) electrons. The summed E-state index contributed by atoms with van der Waals surface area (Å²) in [6, 6.07) is 0. The Morgan fingerprint density at radius 1 is 1.73 bits per heavy atom. The summed E-state index contributed by atoms with van der Waals surface area (Å²) < 4.78 is 0. The molecule has 1 fully saturated rings. The SMILES string of the molecule is CC(C)C1ON1CCC(=O)O. The van der Waals surface area contributed by atoms with Crippen LogP contribution in [0.3, 0.4) is 0 Å². The third kappa shape index (κ3) is 2.48. The van der Waals surface area contributed by atoms with Crippen LogP contribution in [0.2, 0.25) is 0 Å². The van der Waals surface area contributed by atoms with Crippen molar-refractivity contribution < 1.29 is 14.7 Å². The second-order valence-corrected chi connectivity index (χ2v) is 3.02. The Balaban J connectivity index is 2.09. The Hall–Kier alpha value is -0.610. The fraction of sp³-hybridized carbons (Fsp3) is 0.857. The molecule has 0 spiro atoms. The summed E-state index contributed by atoms with van der Waals surface area (Å²) >= 11 is 0. The molecule has 0 saturated carbocycles. The van der Waals surface area contributed by atoms with Crippen molar-refractivity contribution in [2.24, 2.45) is 5.92 Å². The number of hydroxylamine groups is 2. The third-order valence-electron chi connectivity index (χ3n) is 1.60. The van der Waals surface area contributed by atoms with E-state index in [0.717, 1.165) is 0 Å². The fourth-order valence-corrected chi connectivity index (χ4v) is 0.952. The van der Waals surface area contributed by atoms with Gasteiger partial charge in [0.05, 0.1) is 6.42 Å². The molecule has 11 heavy (non-hydrogen) atoms. The van der Waals surface area contributed by atoms with Crippen LogP contribution in [0, 0.1) is 5.92 Å². The lowest BCUT2D eigenvalue weighted by Gasteiger charge is -1.96. The highest BCUT2D eigenvalue weighted by Crippen LogP contribution is 2.26. The molecule has 2 atom stereocenters. The lowest BCUT2D eigenvalue weighted by molar-refractivity contribution is -0.137. The second kappa shape index (κ2) is 3.19. The van der Waals surface area contributed by atoms with E-state index in [1.54, 1.807) is 5.06 Å². The van der Waals surface area contributed by atoms with E-state index >= 15 is 0 Å². The average Bonchev–Trinajstić information content (AvgIpc) is 2.61. The molecule has 1 rings (SSSR count). The number of aliphatic carboxylic acids is 1. The maximum Gasteiger partial charge on any atom is 0.304 e. The van der Waals surface area contributed by atoms with Crippen molar-refractivity contribution in [1.82, 2.24) is 5.06 Å². The first-order valence-corrected chi connectivity index (χ1v) is 3.76. The molecule has 1 N–H and O–H groups in total. The molecule has 4 heteroatoms. The van der Waals surface area contributed by atoms with Gasteiger partial charge in [0.2, 0.25) is 0 Å². The Labute approximate surface area is 65.7 Å². The molecule has 2 unspecified atom stereocenters. The van der Waals surface area contributed by atoms with E-state index in [9.17, 15) is 4.79 Å². The molecule has 64 valence electrons. The summed E-state index contributed by atoms with van der Waals surface area (Å²) in [4.78, 5) is 15.2. The molecule has 0 aliphatic carbocycles. The van der Waals surface area contributed by atoms with Crippen LogP contribution in [0.1, 0.15) is 20.3 Å². The minimum atomic E-state index is -0.775. The largest absolute Gasteiger partial charge is 0.481 e. The van der Waals surface area contributed by atoms with Crippen LogP contribution in [0.4, 0.5) is 0 Å². The van der Waals surface area contributed by atoms with Gasteiger partial charge in [0, 0.05) is 6.54 Å². The summed E-state index contributed by atoms with van der Waals surface area (Å²) in [5.41, 5.74) is 0. The van der Waals surface area contributed by atoms with Gasteiger partial charge in [0.15, 0.2) is 6.23 Å². The van der Waals surface area contributed by atoms with Crippen molar-refractivity contribution in [1.29, 1.82) is 0 Å². The highest BCUT2D eigenvalue weighted by molar-refractivity contribution is 5.66. The zero-order chi connectivity index (χ0) is 8.43. The minimum Gasteiger partial charge on any atom is -0.481 e. The molecule has 1 heterocycles. The summed E-state index contributed by atoms with van der Waals surface area (Å²) in [5.74, 6) is -0.327. The van der Waals surface area contributed by atoms with Crippen molar-refractivity contribution in [3.63, 3.8) is 0 Å². The van der Waals surface area contributed by atoms with Crippen molar-refractivity contribution in [2.45, 2.75) is 26.5 Å². The molecular weight excluding hydrogens is 146 g/mol. The van der Waals surface area contributed by atoms with Crippen molar-refractivity contribution in [3.05, 3.63) is 0 Å². The highest BCUT2D eigenvalue weighted by Gasteiger charge is 2.38. The van der Waals surface area contributed by atoms with Crippen molar-refractivity contribution in [3.8, 4) is 0 Å². The Morgan fingerprint density at radius 2 is 2.36 bits per heavy atom. The third-order valence-corrected chi connectivity index (χ3v) is 1.60. The molecular formula is C7H13NO3. The number of rotatable bonds is 4. The summed E-state index contributed by atoms with van der Waals surface area (Å²) in [6.07, 6.45) is 0.304. The van der Waals surface area contributed by atoms with Gasteiger partial charge in [-0.1, -0.05) is 13.8 Å². The zero-order valence-electron chi connectivity index (χ0n) is 6.78. The first-order chi connectivity index (χ1) is 5.11. The average molecular weight is 159 g/mol.